The molecule has 0 bridgehead atoms. The lowest BCUT2D eigenvalue weighted by Crippen LogP contribution is -2.35. The van der Waals surface area contributed by atoms with Crippen molar-refractivity contribution in [1.82, 2.24) is 14.3 Å². The van der Waals surface area contributed by atoms with Gasteiger partial charge in [-0.3, -0.25) is 0 Å². The number of ether oxygens (including phenoxy) is 1. The highest BCUT2D eigenvalue weighted by Gasteiger charge is 2.38. The second-order valence-corrected chi connectivity index (χ2v) is 10.3. The molecule has 170 valence electrons. The van der Waals surface area contributed by atoms with Crippen LogP contribution in [0.1, 0.15) is 32.2 Å². The van der Waals surface area contributed by atoms with E-state index in [1.165, 1.54) is 10.6 Å². The highest BCUT2D eigenvalue weighted by atomic mass is 35.5. The van der Waals surface area contributed by atoms with E-state index in [-0.39, 0.29) is 12.1 Å². The van der Waals surface area contributed by atoms with Gasteiger partial charge in [-0.1, -0.05) is 37.0 Å². The average molecular weight is 487 g/mol. The van der Waals surface area contributed by atoms with Gasteiger partial charge in [-0.2, -0.15) is 4.31 Å². The van der Waals surface area contributed by atoms with Gasteiger partial charge in [-0.25, -0.2) is 18.4 Å². The lowest BCUT2D eigenvalue weighted by molar-refractivity contribution is 0.0677. The number of nitrogens with zero attached hydrogens (tertiary/aromatic N) is 3. The molecular formula is C21H28Cl2N4O3S. The fourth-order valence-electron chi connectivity index (χ4n) is 3.72. The van der Waals surface area contributed by atoms with Crippen molar-refractivity contribution in [1.29, 1.82) is 0 Å². The van der Waals surface area contributed by atoms with E-state index in [1.807, 2.05) is 26.8 Å². The van der Waals surface area contributed by atoms with Crippen LogP contribution in [0, 0.1) is 0 Å². The highest BCUT2D eigenvalue weighted by Crippen LogP contribution is 2.33. The number of hydrogen-bond donors (Lipinski definition) is 1. The Morgan fingerprint density at radius 2 is 1.84 bits per heavy atom. The summed E-state index contributed by atoms with van der Waals surface area (Å²) in [4.78, 5) is 9.74. The third-order valence-electron chi connectivity index (χ3n) is 5.30. The van der Waals surface area contributed by atoms with Gasteiger partial charge in [0, 0.05) is 30.3 Å². The molecule has 1 aliphatic rings. The van der Waals surface area contributed by atoms with Crippen molar-refractivity contribution in [2.75, 3.05) is 31.3 Å². The number of anilines is 1. The Morgan fingerprint density at radius 1 is 1.13 bits per heavy atom. The molecule has 3 rings (SSSR count). The molecule has 1 aromatic carbocycles. The third-order valence-corrected chi connectivity index (χ3v) is 7.08. The van der Waals surface area contributed by atoms with Crippen LogP contribution in [-0.2, 0) is 27.6 Å². The molecule has 1 aromatic heterocycles. The summed E-state index contributed by atoms with van der Waals surface area (Å²) >= 11 is 12.5. The number of aryl methyl sites for hydroxylation is 2. The molecule has 10 heteroatoms. The minimum Gasteiger partial charge on any atom is -0.375 e. The van der Waals surface area contributed by atoms with Gasteiger partial charge in [0.1, 0.15) is 5.82 Å². The van der Waals surface area contributed by atoms with Gasteiger partial charge in [0.15, 0.2) is 0 Å². The Labute approximate surface area is 194 Å². The normalized spacial score (nSPS) is 19.7. The van der Waals surface area contributed by atoms with Gasteiger partial charge in [0.25, 0.3) is 0 Å². The van der Waals surface area contributed by atoms with Crippen molar-refractivity contribution < 1.29 is 13.2 Å². The van der Waals surface area contributed by atoms with Gasteiger partial charge >= 0.3 is 0 Å². The average Bonchev–Trinajstić information content (AvgIpc) is 3.11. The van der Waals surface area contributed by atoms with Crippen molar-refractivity contribution in [2.45, 2.75) is 45.8 Å². The first-order chi connectivity index (χ1) is 14.7. The number of halogens is 2. The number of sulfonamides is 1. The summed E-state index contributed by atoms with van der Waals surface area (Å²) in [6.45, 7) is 7.05. The van der Waals surface area contributed by atoms with Crippen molar-refractivity contribution in [3.63, 3.8) is 0 Å². The first-order valence-electron chi connectivity index (χ1n) is 10.4. The fraction of sp³-hybridized carbons (Fsp3) is 0.524. The van der Waals surface area contributed by atoms with Crippen LogP contribution in [-0.4, -0.2) is 60.8 Å². The van der Waals surface area contributed by atoms with Crippen LogP contribution in [0.4, 0.5) is 5.82 Å². The summed E-state index contributed by atoms with van der Waals surface area (Å²) in [5.41, 5.74) is 3.10. The molecular weight excluding hydrogens is 459 g/mol. The lowest BCUT2D eigenvalue weighted by Gasteiger charge is -2.22. The zero-order chi connectivity index (χ0) is 22.8. The Bertz CT molecular complexity index is 1050. The maximum Gasteiger partial charge on any atom is 0.211 e. The van der Waals surface area contributed by atoms with Gasteiger partial charge in [-0.15, -0.1) is 0 Å². The van der Waals surface area contributed by atoms with E-state index in [0.29, 0.717) is 48.4 Å². The van der Waals surface area contributed by atoms with E-state index in [0.717, 1.165) is 22.6 Å². The molecule has 0 radical (unpaired) electrons. The maximum absolute atomic E-state index is 12.1. The predicted octanol–water partition coefficient (Wildman–Crippen LogP) is 4.04. The van der Waals surface area contributed by atoms with Gasteiger partial charge in [0.2, 0.25) is 10.0 Å². The Kier molecular flexibility index (Phi) is 7.81. The first kappa shape index (κ1) is 24.2. The fourth-order valence-corrected chi connectivity index (χ4v) is 5.07. The molecule has 0 amide bonds. The summed E-state index contributed by atoms with van der Waals surface area (Å²) in [5.74, 6) is 0.651. The van der Waals surface area contributed by atoms with Crippen LogP contribution in [0.3, 0.4) is 0 Å². The second kappa shape index (κ2) is 10.0. The SMILES string of the molecule is CCO[C@H]1CN(S(C)(=O)=O)C[C@H]1Nc1nc(CC)c(-c2ccc(Cl)cc2Cl)nc1CC. The second-order valence-electron chi connectivity index (χ2n) is 7.47. The summed E-state index contributed by atoms with van der Waals surface area (Å²) in [6.07, 6.45) is 2.27. The molecule has 2 atom stereocenters. The quantitative estimate of drug-likeness (QED) is 0.605. The van der Waals surface area contributed by atoms with E-state index in [1.54, 1.807) is 12.1 Å². The van der Waals surface area contributed by atoms with Crippen molar-refractivity contribution in [2.24, 2.45) is 0 Å². The maximum atomic E-state index is 12.1. The van der Waals surface area contributed by atoms with Crippen LogP contribution in [0.2, 0.25) is 10.0 Å². The van der Waals surface area contributed by atoms with Crippen molar-refractivity contribution in [3.05, 3.63) is 39.6 Å². The number of aromatic nitrogens is 2. The molecule has 0 spiro atoms. The number of benzene rings is 1. The van der Waals surface area contributed by atoms with E-state index in [2.05, 4.69) is 5.32 Å². The Morgan fingerprint density at radius 3 is 2.42 bits per heavy atom. The topological polar surface area (TPSA) is 84.4 Å². The predicted molar refractivity (Wildman–Crippen MR) is 125 cm³/mol. The van der Waals surface area contributed by atoms with Gasteiger partial charge < -0.3 is 10.1 Å². The molecule has 7 nitrogen and oxygen atoms in total. The van der Waals surface area contributed by atoms with Crippen molar-refractivity contribution >= 4 is 39.0 Å². The zero-order valence-electron chi connectivity index (χ0n) is 18.2. The van der Waals surface area contributed by atoms with Crippen LogP contribution in [0.5, 0.6) is 0 Å². The van der Waals surface area contributed by atoms with Crippen LogP contribution in [0.15, 0.2) is 18.2 Å². The molecule has 1 saturated heterocycles. The molecule has 2 aromatic rings. The summed E-state index contributed by atoms with van der Waals surface area (Å²) in [7, 11) is -3.31. The molecule has 2 heterocycles. The van der Waals surface area contributed by atoms with Crippen LogP contribution in [0.25, 0.3) is 11.3 Å². The van der Waals surface area contributed by atoms with Gasteiger partial charge in [0.05, 0.1) is 40.5 Å². The molecule has 0 saturated carbocycles. The Balaban J connectivity index is 1.98. The largest absolute Gasteiger partial charge is 0.375 e. The highest BCUT2D eigenvalue weighted by molar-refractivity contribution is 7.88. The Hall–Kier alpha value is -1.45. The molecule has 0 unspecified atom stereocenters. The molecule has 31 heavy (non-hydrogen) atoms. The smallest absolute Gasteiger partial charge is 0.211 e. The molecule has 1 aliphatic heterocycles. The summed E-state index contributed by atoms with van der Waals surface area (Å²) < 4.78 is 31.4. The summed E-state index contributed by atoms with van der Waals surface area (Å²) in [5, 5.41) is 4.50. The molecule has 1 fully saturated rings. The first-order valence-corrected chi connectivity index (χ1v) is 13.0. The monoisotopic (exact) mass is 486 g/mol. The zero-order valence-corrected chi connectivity index (χ0v) is 20.5. The third kappa shape index (κ3) is 5.49. The van der Waals surface area contributed by atoms with E-state index < -0.39 is 10.0 Å². The van der Waals surface area contributed by atoms with Crippen molar-refractivity contribution in [3.8, 4) is 11.3 Å². The van der Waals surface area contributed by atoms with E-state index in [9.17, 15) is 8.42 Å². The minimum absolute atomic E-state index is 0.219. The van der Waals surface area contributed by atoms with Crippen LogP contribution >= 0.6 is 23.2 Å². The number of hydrogen-bond acceptors (Lipinski definition) is 6. The number of rotatable bonds is 8. The standard InChI is InChI=1S/C21H28Cl2N4O3S/c1-5-16-20(14-9-8-13(22)10-15(14)23)24-17(6-2)21(25-16)26-18-11-27(31(4,28)29)12-19(18)30-7-3/h8-10,18-19H,5-7,11-12H2,1-4H3,(H,25,26)/t18-,19+/m1/s1. The van der Waals surface area contributed by atoms with Gasteiger partial charge in [-0.05, 0) is 38.0 Å². The minimum atomic E-state index is -3.31. The molecule has 1 N–H and O–H groups in total. The van der Waals surface area contributed by atoms with Crippen LogP contribution < -0.4 is 5.32 Å². The molecule has 0 aliphatic carbocycles. The number of nitrogens with one attached hydrogen (secondary N) is 1. The van der Waals surface area contributed by atoms with E-state index >= 15 is 0 Å². The summed E-state index contributed by atoms with van der Waals surface area (Å²) in [6, 6.07) is 5.12. The lowest BCUT2D eigenvalue weighted by atomic mass is 10.1. The van der Waals surface area contributed by atoms with E-state index in [4.69, 9.17) is 37.9 Å².